The number of aromatic nitrogens is 6. The zero-order valence-corrected chi connectivity index (χ0v) is 27.9. The molecule has 51 heavy (non-hydrogen) atoms. The predicted molar refractivity (Wildman–Crippen MR) is 179 cm³/mol. The van der Waals surface area contributed by atoms with Crippen molar-refractivity contribution in [3.63, 3.8) is 0 Å². The molecule has 1 aliphatic heterocycles. The maximum Gasteiger partial charge on any atom is 0.245 e. The van der Waals surface area contributed by atoms with Crippen LogP contribution in [0.5, 0.6) is 0 Å². The zero-order chi connectivity index (χ0) is 36.6. The third kappa shape index (κ3) is 12.2. The first-order valence-corrected chi connectivity index (χ1v) is 16.5. The number of guanidine groups is 1. The second-order valence-electron chi connectivity index (χ2n) is 11.8. The number of hydrogen-bond acceptors (Lipinski definition) is 10. The number of fused-ring (bicyclic) bond motifs is 2. The van der Waals surface area contributed by atoms with Gasteiger partial charge in [0, 0.05) is 19.3 Å². The van der Waals surface area contributed by atoms with Crippen LogP contribution in [-0.4, -0.2) is 104 Å². The molecular weight excluding hydrogens is 667 g/mol. The summed E-state index contributed by atoms with van der Waals surface area (Å²) in [6.07, 6.45) is 4.80. The largest absolute Gasteiger partial charge is 0.370 e. The quantitative estimate of drug-likeness (QED) is 0.0521. The number of carbonyl (C=O) groups is 5. The Bertz CT molecular complexity index is 1650. The summed E-state index contributed by atoms with van der Waals surface area (Å²) in [5.41, 5.74) is 6.95. The molecule has 19 nitrogen and oxygen atoms in total. The van der Waals surface area contributed by atoms with Gasteiger partial charge in [-0.1, -0.05) is 40.8 Å². The van der Waals surface area contributed by atoms with Crippen LogP contribution in [0.4, 0.5) is 4.39 Å². The van der Waals surface area contributed by atoms with Crippen LogP contribution in [0.15, 0.2) is 42.7 Å². The third-order valence-corrected chi connectivity index (χ3v) is 7.81. The van der Waals surface area contributed by atoms with E-state index in [2.05, 4.69) is 52.5 Å². The van der Waals surface area contributed by atoms with Gasteiger partial charge >= 0.3 is 0 Å². The van der Waals surface area contributed by atoms with E-state index in [1.165, 1.54) is 15.6 Å². The highest BCUT2D eigenvalue weighted by Gasteiger charge is 2.29. The summed E-state index contributed by atoms with van der Waals surface area (Å²) in [5, 5.41) is 39.7. The number of nitrogens with zero attached hydrogens (tertiary/aromatic N) is 6. The van der Waals surface area contributed by atoms with Crippen molar-refractivity contribution in [2.75, 3.05) is 32.9 Å². The van der Waals surface area contributed by atoms with Gasteiger partial charge in [-0.05, 0) is 44.1 Å². The Hall–Kier alpha value is -5.95. The maximum atomic E-state index is 13.9. The molecule has 0 radical (unpaired) electrons. The lowest BCUT2D eigenvalue weighted by Crippen LogP contribution is -2.51. The lowest BCUT2D eigenvalue weighted by atomic mass is 10.0. The van der Waals surface area contributed by atoms with E-state index in [0.29, 0.717) is 42.6 Å². The second kappa shape index (κ2) is 19.3. The fourth-order valence-corrected chi connectivity index (χ4v) is 5.25. The summed E-state index contributed by atoms with van der Waals surface area (Å²) in [7, 11) is 0. The topological polar surface area (TPSA) is 269 Å². The van der Waals surface area contributed by atoms with Gasteiger partial charge in [0.05, 0.1) is 37.7 Å². The SMILES string of the molecule is N=C(N)NCCC[C@@H]1NC(=O)C(CCCNC(=O)Cn2cc(CCCF)nn2)n2cc(nn2)C(c2ccccc2)NC(=O)CNC(=O)CNC1=O. The van der Waals surface area contributed by atoms with E-state index >= 15 is 0 Å². The summed E-state index contributed by atoms with van der Waals surface area (Å²) in [6.45, 7) is -0.934. The highest BCUT2D eigenvalue weighted by atomic mass is 19.1. The number of benzene rings is 1. The summed E-state index contributed by atoms with van der Waals surface area (Å²) in [5.74, 6) is -2.93. The number of aryl methyl sites for hydroxylation is 1. The first kappa shape index (κ1) is 37.9. The van der Waals surface area contributed by atoms with Crippen LogP contribution in [0.1, 0.15) is 61.1 Å². The molecule has 9 N–H and O–H groups in total. The highest BCUT2D eigenvalue weighted by molar-refractivity contribution is 5.92. The number of hydrogen-bond donors (Lipinski definition) is 8. The van der Waals surface area contributed by atoms with Crippen LogP contribution in [0.3, 0.4) is 0 Å². The normalized spacial score (nSPS) is 18.6. The predicted octanol–water partition coefficient (Wildman–Crippen LogP) is -1.89. The average Bonchev–Trinajstić information content (AvgIpc) is 3.78. The fourth-order valence-electron chi connectivity index (χ4n) is 5.25. The molecule has 20 heteroatoms. The monoisotopic (exact) mass is 710 g/mol. The molecule has 3 atom stereocenters. The standard InChI is InChI=1S/C31H43FN14O5/c32-12-4-9-21-17-45(43-41-21)19-27(49)35-13-6-11-24-30(51)39-22(10-5-14-36-31(33)34)29(50)38-15-25(47)37-16-26(48)40-28(20-7-2-1-3-8-20)23-18-46(24)44-42-23/h1-3,7-8,17-18,22,24,28H,4-6,9-16,19H2,(H,35,49)(H,37,47)(H,38,50)(H,39,51)(H,40,48)(H4,33,34,36)/t22-,24?,28?/m0/s1. The molecule has 0 saturated heterocycles. The summed E-state index contributed by atoms with van der Waals surface area (Å²) >= 11 is 0. The highest BCUT2D eigenvalue weighted by Crippen LogP contribution is 2.22. The Labute approximate surface area is 292 Å². The van der Waals surface area contributed by atoms with E-state index < -0.39 is 55.0 Å². The number of carbonyl (C=O) groups excluding carboxylic acids is 5. The van der Waals surface area contributed by atoms with Crippen molar-refractivity contribution in [3.05, 3.63) is 59.7 Å². The number of nitrogens with one attached hydrogen (secondary N) is 7. The van der Waals surface area contributed by atoms with Crippen molar-refractivity contribution in [1.29, 1.82) is 5.41 Å². The molecule has 274 valence electrons. The van der Waals surface area contributed by atoms with Gasteiger partial charge in [0.15, 0.2) is 5.96 Å². The van der Waals surface area contributed by atoms with E-state index in [0.717, 1.165) is 0 Å². The molecule has 4 rings (SSSR count). The molecular formula is C31H43FN14O5. The molecule has 3 heterocycles. The smallest absolute Gasteiger partial charge is 0.245 e. The third-order valence-electron chi connectivity index (χ3n) is 7.81. The van der Waals surface area contributed by atoms with Gasteiger partial charge in [-0.3, -0.25) is 33.8 Å². The molecule has 1 aromatic carbocycles. The fraction of sp³-hybridized carbons (Fsp3) is 0.484. The lowest BCUT2D eigenvalue weighted by Gasteiger charge is -2.23. The van der Waals surface area contributed by atoms with Crippen molar-refractivity contribution in [3.8, 4) is 0 Å². The van der Waals surface area contributed by atoms with Gasteiger partial charge in [-0.2, -0.15) is 0 Å². The Morgan fingerprint density at radius 1 is 0.902 bits per heavy atom. The maximum absolute atomic E-state index is 13.9. The van der Waals surface area contributed by atoms with Crippen LogP contribution in [0, 0.1) is 5.41 Å². The van der Waals surface area contributed by atoms with E-state index in [9.17, 15) is 28.4 Å². The number of rotatable bonds is 14. The van der Waals surface area contributed by atoms with E-state index in [1.807, 2.05) is 6.07 Å². The van der Waals surface area contributed by atoms with Crippen molar-refractivity contribution >= 4 is 35.5 Å². The van der Waals surface area contributed by atoms with Crippen molar-refractivity contribution in [2.24, 2.45) is 5.73 Å². The number of halogens is 1. The van der Waals surface area contributed by atoms with E-state index in [1.54, 1.807) is 30.5 Å². The minimum atomic E-state index is -1.07. The summed E-state index contributed by atoms with van der Waals surface area (Å²) in [6, 6.07) is 6.14. The van der Waals surface area contributed by atoms with E-state index in [-0.39, 0.29) is 50.9 Å². The van der Waals surface area contributed by atoms with Crippen LogP contribution in [0.2, 0.25) is 0 Å². The van der Waals surface area contributed by atoms with Crippen LogP contribution in [0.25, 0.3) is 0 Å². The molecule has 5 amide bonds. The number of alkyl halides is 1. The van der Waals surface area contributed by atoms with Gasteiger partial charge in [0.25, 0.3) is 0 Å². The molecule has 0 saturated carbocycles. The molecule has 2 aromatic heterocycles. The zero-order valence-electron chi connectivity index (χ0n) is 27.9. The molecule has 2 unspecified atom stereocenters. The Kier molecular flexibility index (Phi) is 14.3. The van der Waals surface area contributed by atoms with Crippen LogP contribution in [-0.2, 0) is 36.9 Å². The summed E-state index contributed by atoms with van der Waals surface area (Å²) in [4.78, 5) is 65.1. The first-order chi connectivity index (χ1) is 24.6. The van der Waals surface area contributed by atoms with Gasteiger partial charge < -0.3 is 37.6 Å². The van der Waals surface area contributed by atoms with Gasteiger partial charge in [0.1, 0.15) is 24.3 Å². The lowest BCUT2D eigenvalue weighted by molar-refractivity contribution is -0.132. The van der Waals surface area contributed by atoms with Crippen molar-refractivity contribution in [2.45, 2.75) is 63.2 Å². The number of nitrogens with two attached hydrogens (primary N) is 1. The van der Waals surface area contributed by atoms with Gasteiger partial charge in [0.2, 0.25) is 29.5 Å². The van der Waals surface area contributed by atoms with Crippen molar-refractivity contribution in [1.82, 2.24) is 61.9 Å². The molecule has 0 spiro atoms. The molecule has 0 aliphatic carbocycles. The van der Waals surface area contributed by atoms with Gasteiger partial charge in [-0.25, -0.2) is 9.36 Å². The molecule has 0 fully saturated rings. The Balaban J connectivity index is 1.53. The van der Waals surface area contributed by atoms with Crippen molar-refractivity contribution < 1.29 is 28.4 Å². The first-order valence-electron chi connectivity index (χ1n) is 16.5. The Morgan fingerprint density at radius 2 is 1.65 bits per heavy atom. The second-order valence-corrected chi connectivity index (χ2v) is 11.8. The van der Waals surface area contributed by atoms with E-state index in [4.69, 9.17) is 11.1 Å². The van der Waals surface area contributed by atoms with Crippen LogP contribution < -0.4 is 37.6 Å². The average molecular weight is 711 g/mol. The van der Waals surface area contributed by atoms with Crippen LogP contribution >= 0.6 is 0 Å². The van der Waals surface area contributed by atoms with Gasteiger partial charge in [-0.15, -0.1) is 10.2 Å². The minimum absolute atomic E-state index is 0.0983. The molecule has 1 aliphatic rings. The summed E-state index contributed by atoms with van der Waals surface area (Å²) < 4.78 is 15.2. The number of amides is 5. The molecule has 3 aromatic rings. The molecule has 2 bridgehead atoms. The minimum Gasteiger partial charge on any atom is -0.370 e. The Morgan fingerprint density at radius 3 is 2.41 bits per heavy atom.